The smallest absolute Gasteiger partial charge is 0.322 e. The number of carbonyl (C=O) groups excluding carboxylic acids is 3. The van der Waals surface area contributed by atoms with E-state index in [1.807, 2.05) is 30.0 Å². The summed E-state index contributed by atoms with van der Waals surface area (Å²) in [6.45, 7) is 3.80. The van der Waals surface area contributed by atoms with Crippen LogP contribution < -0.4 is 16.0 Å². The van der Waals surface area contributed by atoms with Crippen molar-refractivity contribution in [1.82, 2.24) is 10.2 Å². The summed E-state index contributed by atoms with van der Waals surface area (Å²) in [5.41, 5.74) is 7.66. The molecule has 8 heteroatoms. The summed E-state index contributed by atoms with van der Waals surface area (Å²) < 4.78 is 0. The molecule has 4 amide bonds. The summed E-state index contributed by atoms with van der Waals surface area (Å²) in [4.78, 5) is 41.7. The predicted molar refractivity (Wildman–Crippen MR) is 108 cm³/mol. The second-order valence-corrected chi connectivity index (χ2v) is 8.22. The number of likely N-dealkylation sites (tertiary alicyclic amines) is 1. The Morgan fingerprint density at radius 2 is 2.04 bits per heavy atom. The fraction of sp³-hybridized carbons (Fsp3) is 0.350. The van der Waals surface area contributed by atoms with E-state index < -0.39 is 5.91 Å². The van der Waals surface area contributed by atoms with Gasteiger partial charge in [0.2, 0.25) is 0 Å². The van der Waals surface area contributed by atoms with Gasteiger partial charge in [0.25, 0.3) is 11.8 Å². The van der Waals surface area contributed by atoms with Crippen LogP contribution in [0.5, 0.6) is 0 Å². The maximum Gasteiger partial charge on any atom is 0.322 e. The molecule has 146 valence electrons. The molecular weight excluding hydrogens is 376 g/mol. The van der Waals surface area contributed by atoms with Crippen molar-refractivity contribution in [3.8, 4) is 0 Å². The molecule has 3 heterocycles. The number of urea groups is 1. The highest BCUT2D eigenvalue weighted by atomic mass is 32.1. The van der Waals surface area contributed by atoms with Crippen LogP contribution in [0.3, 0.4) is 0 Å². The molecule has 1 unspecified atom stereocenters. The van der Waals surface area contributed by atoms with Gasteiger partial charge in [0.05, 0.1) is 10.9 Å². The Labute approximate surface area is 167 Å². The van der Waals surface area contributed by atoms with E-state index in [0.29, 0.717) is 30.1 Å². The van der Waals surface area contributed by atoms with Gasteiger partial charge in [-0.2, -0.15) is 0 Å². The van der Waals surface area contributed by atoms with E-state index in [4.69, 9.17) is 5.73 Å². The SMILES string of the molecule is Cc1ccc(C(=O)N2CCCC2c2ccc(C(N)=O)s2)cc1N1CCNC1=O. The number of nitrogens with zero attached hydrogens (tertiary/aromatic N) is 2. The highest BCUT2D eigenvalue weighted by Crippen LogP contribution is 2.37. The molecule has 0 radical (unpaired) electrons. The van der Waals surface area contributed by atoms with E-state index in [0.717, 1.165) is 29.0 Å². The zero-order valence-electron chi connectivity index (χ0n) is 15.6. The Morgan fingerprint density at radius 1 is 1.21 bits per heavy atom. The first kappa shape index (κ1) is 18.5. The van der Waals surface area contributed by atoms with Crippen LogP contribution in [0, 0.1) is 6.92 Å². The van der Waals surface area contributed by atoms with E-state index in [-0.39, 0.29) is 18.0 Å². The first-order valence-corrected chi connectivity index (χ1v) is 10.1. The van der Waals surface area contributed by atoms with E-state index >= 15 is 0 Å². The van der Waals surface area contributed by atoms with E-state index in [2.05, 4.69) is 5.32 Å². The lowest BCUT2D eigenvalue weighted by molar-refractivity contribution is 0.0737. The van der Waals surface area contributed by atoms with E-state index in [1.54, 1.807) is 17.0 Å². The van der Waals surface area contributed by atoms with Gasteiger partial charge < -0.3 is 16.0 Å². The maximum absolute atomic E-state index is 13.3. The predicted octanol–water partition coefficient (Wildman–Crippen LogP) is 2.66. The summed E-state index contributed by atoms with van der Waals surface area (Å²) in [5, 5.41) is 2.79. The van der Waals surface area contributed by atoms with Crippen molar-refractivity contribution in [2.75, 3.05) is 24.5 Å². The molecule has 2 aliphatic rings. The molecule has 1 atom stereocenters. The molecule has 3 N–H and O–H groups in total. The average molecular weight is 398 g/mol. The van der Waals surface area contributed by atoms with Crippen molar-refractivity contribution in [1.29, 1.82) is 0 Å². The van der Waals surface area contributed by atoms with Gasteiger partial charge in [0, 0.05) is 35.8 Å². The highest BCUT2D eigenvalue weighted by molar-refractivity contribution is 7.14. The lowest BCUT2D eigenvalue weighted by atomic mass is 10.1. The molecular formula is C20H22N4O3S. The number of thiophene rings is 1. The zero-order valence-corrected chi connectivity index (χ0v) is 16.4. The van der Waals surface area contributed by atoms with Crippen molar-refractivity contribution in [2.24, 2.45) is 5.73 Å². The van der Waals surface area contributed by atoms with Crippen molar-refractivity contribution < 1.29 is 14.4 Å². The fourth-order valence-electron chi connectivity index (χ4n) is 3.87. The van der Waals surface area contributed by atoms with Crippen LogP contribution in [0.1, 0.15) is 49.4 Å². The Morgan fingerprint density at radius 3 is 2.71 bits per heavy atom. The van der Waals surface area contributed by atoms with Crippen LogP contribution in [0.4, 0.5) is 10.5 Å². The molecule has 1 aromatic heterocycles. The summed E-state index contributed by atoms with van der Waals surface area (Å²) in [7, 11) is 0. The molecule has 0 bridgehead atoms. The minimum atomic E-state index is -0.445. The van der Waals surface area contributed by atoms with Crippen LogP contribution >= 0.6 is 11.3 Å². The summed E-state index contributed by atoms with van der Waals surface area (Å²) in [6, 6.07) is 8.93. The number of carbonyl (C=O) groups is 3. The van der Waals surface area contributed by atoms with Gasteiger partial charge in [-0.1, -0.05) is 6.07 Å². The molecule has 1 aromatic carbocycles. The second kappa shape index (κ2) is 7.27. The van der Waals surface area contributed by atoms with E-state index in [9.17, 15) is 14.4 Å². The average Bonchev–Trinajstić information content (AvgIpc) is 3.41. The maximum atomic E-state index is 13.3. The van der Waals surface area contributed by atoms with Gasteiger partial charge in [-0.25, -0.2) is 4.79 Å². The number of hydrogen-bond donors (Lipinski definition) is 2. The van der Waals surface area contributed by atoms with E-state index in [1.165, 1.54) is 11.3 Å². The number of rotatable bonds is 4. The number of anilines is 1. The van der Waals surface area contributed by atoms with Gasteiger partial charge in [0.1, 0.15) is 0 Å². The minimum absolute atomic E-state index is 0.0505. The molecule has 2 aliphatic heterocycles. The van der Waals surface area contributed by atoms with Crippen molar-refractivity contribution in [3.63, 3.8) is 0 Å². The van der Waals surface area contributed by atoms with Crippen LogP contribution in [0.15, 0.2) is 30.3 Å². The third kappa shape index (κ3) is 3.24. The standard InChI is InChI=1S/C20H22N4O3S/c1-12-4-5-13(11-15(12)24-10-8-22-20(24)27)19(26)23-9-2-3-14(23)16-6-7-17(28-16)18(21)25/h4-7,11,14H,2-3,8-10H2,1H3,(H2,21,25)(H,22,27). The molecule has 2 fully saturated rings. The van der Waals surface area contributed by atoms with Gasteiger partial charge in [-0.15, -0.1) is 11.3 Å². The molecule has 2 saturated heterocycles. The molecule has 0 spiro atoms. The first-order chi connectivity index (χ1) is 13.5. The molecule has 4 rings (SSSR count). The van der Waals surface area contributed by atoms with Crippen molar-refractivity contribution in [2.45, 2.75) is 25.8 Å². The van der Waals surface area contributed by atoms with Crippen LogP contribution in [-0.4, -0.2) is 42.4 Å². The molecule has 2 aromatic rings. The number of primary amides is 1. The second-order valence-electron chi connectivity index (χ2n) is 7.11. The van der Waals surface area contributed by atoms with Gasteiger partial charge >= 0.3 is 6.03 Å². The van der Waals surface area contributed by atoms with Crippen LogP contribution in [0.2, 0.25) is 0 Å². The monoisotopic (exact) mass is 398 g/mol. The third-order valence-electron chi connectivity index (χ3n) is 5.32. The first-order valence-electron chi connectivity index (χ1n) is 9.32. The Balaban J connectivity index is 1.61. The van der Waals surface area contributed by atoms with Crippen LogP contribution in [0.25, 0.3) is 0 Å². The zero-order chi connectivity index (χ0) is 19.8. The van der Waals surface area contributed by atoms with Crippen molar-refractivity contribution in [3.05, 3.63) is 51.2 Å². The fourth-order valence-corrected chi connectivity index (χ4v) is 4.88. The quantitative estimate of drug-likeness (QED) is 0.829. The minimum Gasteiger partial charge on any atom is -0.365 e. The molecule has 28 heavy (non-hydrogen) atoms. The van der Waals surface area contributed by atoms with Gasteiger partial charge in [-0.3, -0.25) is 14.5 Å². The summed E-state index contributed by atoms with van der Waals surface area (Å²) in [6.07, 6.45) is 1.77. The lowest BCUT2D eigenvalue weighted by Gasteiger charge is -2.25. The van der Waals surface area contributed by atoms with Crippen molar-refractivity contribution >= 4 is 34.9 Å². The lowest BCUT2D eigenvalue weighted by Crippen LogP contribution is -2.31. The number of amides is 4. The Bertz CT molecular complexity index is 955. The topological polar surface area (TPSA) is 95.7 Å². The number of nitrogens with one attached hydrogen (secondary N) is 1. The number of nitrogens with two attached hydrogens (primary N) is 1. The Kier molecular flexibility index (Phi) is 4.80. The number of hydrogen-bond acceptors (Lipinski definition) is 4. The third-order valence-corrected chi connectivity index (χ3v) is 6.52. The van der Waals surface area contributed by atoms with Gasteiger partial charge in [-0.05, 0) is 49.6 Å². The highest BCUT2D eigenvalue weighted by Gasteiger charge is 2.32. The summed E-state index contributed by atoms with van der Waals surface area (Å²) >= 11 is 1.35. The molecule has 0 aliphatic carbocycles. The molecule has 7 nitrogen and oxygen atoms in total. The largest absolute Gasteiger partial charge is 0.365 e. The van der Waals surface area contributed by atoms with Crippen LogP contribution in [-0.2, 0) is 0 Å². The molecule has 0 saturated carbocycles. The van der Waals surface area contributed by atoms with Gasteiger partial charge in [0.15, 0.2) is 0 Å². The Hall–Kier alpha value is -2.87. The number of benzene rings is 1. The summed E-state index contributed by atoms with van der Waals surface area (Å²) in [5.74, 6) is -0.503. The number of aryl methyl sites for hydroxylation is 1. The normalized spacial score (nSPS) is 19.2.